The minimum Gasteiger partial charge on any atom is -0.377 e. The number of hydrogen-bond donors (Lipinski definition) is 0. The van der Waals surface area contributed by atoms with Crippen LogP contribution in [0.4, 0.5) is 5.69 Å². The number of anilines is 1. The van der Waals surface area contributed by atoms with Crippen molar-refractivity contribution >= 4 is 45.2 Å². The maximum atomic E-state index is 12.4. The van der Waals surface area contributed by atoms with Crippen molar-refractivity contribution in [3.05, 3.63) is 63.0 Å². The summed E-state index contributed by atoms with van der Waals surface area (Å²) in [6.45, 7) is 0. The smallest absolute Gasteiger partial charge is 0.200 e. The summed E-state index contributed by atoms with van der Waals surface area (Å²) in [4.78, 5) is 16.2. The number of thioether (sulfide) groups is 1. The fourth-order valence-electron chi connectivity index (χ4n) is 2.26. The highest BCUT2D eigenvalue weighted by Gasteiger charge is 2.25. The van der Waals surface area contributed by atoms with Gasteiger partial charge in [0, 0.05) is 29.0 Å². The molecular formula is C17H14BrNOS. The lowest BCUT2D eigenvalue weighted by Crippen LogP contribution is -2.09. The van der Waals surface area contributed by atoms with Crippen LogP contribution in [0.1, 0.15) is 15.9 Å². The molecule has 0 N–H and O–H groups in total. The van der Waals surface area contributed by atoms with Gasteiger partial charge in [0.05, 0.1) is 10.6 Å². The van der Waals surface area contributed by atoms with Gasteiger partial charge in [-0.1, -0.05) is 30.0 Å². The number of carbonyl (C=O) groups is 1. The van der Waals surface area contributed by atoms with E-state index in [1.54, 1.807) is 11.8 Å². The Hall–Kier alpha value is -1.52. The summed E-state index contributed by atoms with van der Waals surface area (Å²) in [5.74, 6) is 0.114. The Morgan fingerprint density at radius 2 is 1.90 bits per heavy atom. The van der Waals surface area contributed by atoms with E-state index >= 15 is 0 Å². The van der Waals surface area contributed by atoms with Crippen LogP contribution in [-0.4, -0.2) is 19.9 Å². The average Bonchev–Trinajstić information content (AvgIpc) is 2.76. The molecule has 2 aromatic carbocycles. The number of hydrogen-bond acceptors (Lipinski definition) is 3. The second-order valence-electron chi connectivity index (χ2n) is 5.04. The van der Waals surface area contributed by atoms with E-state index in [-0.39, 0.29) is 5.78 Å². The zero-order valence-corrected chi connectivity index (χ0v) is 14.2. The highest BCUT2D eigenvalue weighted by Crippen LogP contribution is 2.40. The van der Waals surface area contributed by atoms with E-state index in [4.69, 9.17) is 0 Å². The third-order valence-electron chi connectivity index (χ3n) is 3.33. The fraction of sp³-hybridized carbons (Fsp3) is 0.118. The SMILES string of the molecule is CN(C)c1ccc(C=C2Sc3ccccc3C2=O)cc1Br. The fourth-order valence-corrected chi connectivity index (χ4v) is 4.07. The summed E-state index contributed by atoms with van der Waals surface area (Å²) in [6.07, 6.45) is 1.96. The van der Waals surface area contributed by atoms with Crippen LogP contribution in [0.15, 0.2) is 56.7 Å². The number of benzene rings is 2. The van der Waals surface area contributed by atoms with Crippen molar-refractivity contribution in [3.8, 4) is 0 Å². The number of allylic oxidation sites excluding steroid dienone is 1. The standard InChI is InChI=1S/C17H14BrNOS/c1-19(2)14-8-7-11(9-13(14)18)10-16-17(20)12-5-3-4-6-15(12)21-16/h3-10H,1-2H3. The van der Waals surface area contributed by atoms with Gasteiger partial charge in [0.1, 0.15) is 0 Å². The van der Waals surface area contributed by atoms with Gasteiger partial charge in [0.25, 0.3) is 0 Å². The summed E-state index contributed by atoms with van der Waals surface area (Å²) in [7, 11) is 4.01. The summed E-state index contributed by atoms with van der Waals surface area (Å²) in [5.41, 5.74) is 2.94. The highest BCUT2D eigenvalue weighted by atomic mass is 79.9. The second-order valence-corrected chi connectivity index (χ2v) is 6.98. The summed E-state index contributed by atoms with van der Waals surface area (Å²) < 4.78 is 1.02. The second kappa shape index (κ2) is 5.70. The average molecular weight is 360 g/mol. The number of fused-ring (bicyclic) bond motifs is 1. The molecule has 0 amide bonds. The van der Waals surface area contributed by atoms with Gasteiger partial charge >= 0.3 is 0 Å². The van der Waals surface area contributed by atoms with Gasteiger partial charge in [0.2, 0.25) is 5.78 Å². The third kappa shape index (κ3) is 2.78. The highest BCUT2D eigenvalue weighted by molar-refractivity contribution is 9.10. The van der Waals surface area contributed by atoms with Gasteiger partial charge in [-0.25, -0.2) is 0 Å². The first-order valence-corrected chi connectivity index (χ1v) is 8.17. The Morgan fingerprint density at radius 3 is 2.57 bits per heavy atom. The molecule has 0 aliphatic carbocycles. The van der Waals surface area contributed by atoms with Crippen LogP contribution in [-0.2, 0) is 0 Å². The lowest BCUT2D eigenvalue weighted by molar-refractivity contribution is 0.104. The lowest BCUT2D eigenvalue weighted by atomic mass is 10.1. The van der Waals surface area contributed by atoms with Crippen LogP contribution in [0.3, 0.4) is 0 Å². The topological polar surface area (TPSA) is 20.3 Å². The molecule has 3 rings (SSSR count). The summed E-state index contributed by atoms with van der Waals surface area (Å²) in [6, 6.07) is 13.9. The number of halogens is 1. The van der Waals surface area contributed by atoms with E-state index in [0.29, 0.717) is 0 Å². The molecule has 0 aromatic heterocycles. The molecule has 106 valence electrons. The molecule has 0 saturated heterocycles. The Morgan fingerprint density at radius 1 is 1.14 bits per heavy atom. The van der Waals surface area contributed by atoms with Crippen LogP contribution < -0.4 is 4.90 Å². The molecule has 1 aliphatic rings. The molecule has 0 unspecified atom stereocenters. The number of Topliss-reactive ketones (excluding diaryl/α,β-unsaturated/α-hetero) is 1. The number of ketones is 1. The quantitative estimate of drug-likeness (QED) is 0.715. The molecule has 0 saturated carbocycles. The van der Waals surface area contributed by atoms with Gasteiger partial charge in [0.15, 0.2) is 0 Å². The van der Waals surface area contributed by atoms with Crippen molar-refractivity contribution in [1.82, 2.24) is 0 Å². The summed E-state index contributed by atoms with van der Waals surface area (Å²) in [5, 5.41) is 0. The zero-order valence-electron chi connectivity index (χ0n) is 11.8. The molecular weight excluding hydrogens is 346 g/mol. The first-order valence-electron chi connectivity index (χ1n) is 6.56. The molecule has 0 spiro atoms. The molecule has 0 radical (unpaired) electrons. The van der Waals surface area contributed by atoms with Crippen molar-refractivity contribution in [2.75, 3.05) is 19.0 Å². The first-order chi connectivity index (χ1) is 10.1. The van der Waals surface area contributed by atoms with E-state index in [1.807, 2.05) is 67.5 Å². The summed E-state index contributed by atoms with van der Waals surface area (Å²) >= 11 is 5.12. The molecule has 4 heteroatoms. The van der Waals surface area contributed by atoms with Gasteiger partial charge in [-0.2, -0.15) is 0 Å². The first kappa shape index (κ1) is 14.4. The molecule has 1 heterocycles. The van der Waals surface area contributed by atoms with E-state index in [1.165, 1.54) is 0 Å². The largest absolute Gasteiger partial charge is 0.377 e. The minimum absolute atomic E-state index is 0.114. The van der Waals surface area contributed by atoms with E-state index in [9.17, 15) is 4.79 Å². The van der Waals surface area contributed by atoms with Crippen molar-refractivity contribution in [2.45, 2.75) is 4.90 Å². The maximum Gasteiger partial charge on any atom is 0.200 e. The van der Waals surface area contributed by atoms with Crippen LogP contribution in [0, 0.1) is 0 Å². The predicted octanol–water partition coefficient (Wildman–Crippen LogP) is 4.84. The number of nitrogens with zero attached hydrogens (tertiary/aromatic N) is 1. The minimum atomic E-state index is 0.114. The molecule has 2 aromatic rings. The van der Waals surface area contributed by atoms with E-state index in [0.717, 1.165) is 31.1 Å². The normalized spacial score (nSPS) is 15.4. The van der Waals surface area contributed by atoms with Crippen molar-refractivity contribution in [2.24, 2.45) is 0 Å². The molecule has 0 bridgehead atoms. The molecule has 0 atom stereocenters. The van der Waals surface area contributed by atoms with Gasteiger partial charge in [-0.05, 0) is 51.8 Å². The van der Waals surface area contributed by atoms with Crippen LogP contribution >= 0.6 is 27.7 Å². The predicted molar refractivity (Wildman–Crippen MR) is 93.1 cm³/mol. The molecule has 2 nitrogen and oxygen atoms in total. The molecule has 21 heavy (non-hydrogen) atoms. The number of rotatable bonds is 2. The van der Waals surface area contributed by atoms with E-state index in [2.05, 4.69) is 15.9 Å². The number of carbonyl (C=O) groups excluding carboxylic acids is 1. The lowest BCUT2D eigenvalue weighted by Gasteiger charge is -2.14. The van der Waals surface area contributed by atoms with Crippen LogP contribution in [0.25, 0.3) is 6.08 Å². The Labute approximate surface area is 137 Å². The van der Waals surface area contributed by atoms with Gasteiger partial charge in [-0.15, -0.1) is 0 Å². The van der Waals surface area contributed by atoms with E-state index < -0.39 is 0 Å². The van der Waals surface area contributed by atoms with Gasteiger partial charge < -0.3 is 4.90 Å². The Bertz CT molecular complexity index is 752. The van der Waals surface area contributed by atoms with Gasteiger partial charge in [-0.3, -0.25) is 4.79 Å². The zero-order chi connectivity index (χ0) is 15.0. The monoisotopic (exact) mass is 359 g/mol. The molecule has 1 aliphatic heterocycles. The van der Waals surface area contributed by atoms with Crippen molar-refractivity contribution in [1.29, 1.82) is 0 Å². The van der Waals surface area contributed by atoms with Crippen LogP contribution in [0.5, 0.6) is 0 Å². The molecule has 0 fully saturated rings. The van der Waals surface area contributed by atoms with Crippen LogP contribution in [0.2, 0.25) is 0 Å². The Kier molecular flexibility index (Phi) is 3.91. The van der Waals surface area contributed by atoms with Crippen molar-refractivity contribution < 1.29 is 4.79 Å². The third-order valence-corrected chi connectivity index (χ3v) is 5.06. The Balaban J connectivity index is 1.94. The van der Waals surface area contributed by atoms with Crippen molar-refractivity contribution in [3.63, 3.8) is 0 Å². The maximum absolute atomic E-state index is 12.4.